The van der Waals surface area contributed by atoms with E-state index in [0.717, 1.165) is 0 Å². The first-order chi connectivity index (χ1) is 8.34. The molecule has 5 heteroatoms. The highest BCUT2D eigenvalue weighted by atomic mass is 16.5. The highest BCUT2D eigenvalue weighted by molar-refractivity contribution is 5.77. The number of aromatic hydroxyl groups is 1. The molecule has 0 spiro atoms. The molecular weight excluding hydrogens is 234 g/mol. The smallest absolute Gasteiger partial charge is 0.313 e. The van der Waals surface area contributed by atoms with Crippen molar-refractivity contribution in [1.82, 2.24) is 0 Å². The van der Waals surface area contributed by atoms with Gasteiger partial charge in [0, 0.05) is 6.04 Å². The van der Waals surface area contributed by atoms with Crippen molar-refractivity contribution < 1.29 is 19.4 Å². The summed E-state index contributed by atoms with van der Waals surface area (Å²) in [7, 11) is 2.78. The lowest BCUT2D eigenvalue weighted by Crippen LogP contribution is -2.37. The molecule has 0 amide bonds. The predicted octanol–water partition coefficient (Wildman–Crippen LogP) is 1.60. The first-order valence-electron chi connectivity index (χ1n) is 5.55. The van der Waals surface area contributed by atoms with Gasteiger partial charge in [0.2, 0.25) is 0 Å². The van der Waals surface area contributed by atoms with Crippen LogP contribution in [0.15, 0.2) is 18.2 Å². The van der Waals surface area contributed by atoms with Gasteiger partial charge in [-0.1, -0.05) is 6.07 Å². The number of phenolic OH excluding ortho intramolecular Hbond substituents is 1. The molecule has 0 aliphatic heterocycles. The summed E-state index contributed by atoms with van der Waals surface area (Å²) in [5, 5.41) is 9.52. The second-order valence-electron chi connectivity index (χ2n) is 4.62. The molecule has 0 saturated heterocycles. The summed E-state index contributed by atoms with van der Waals surface area (Å²) in [5.41, 5.74) is 5.92. The number of hydrogen-bond acceptors (Lipinski definition) is 5. The summed E-state index contributed by atoms with van der Waals surface area (Å²) in [5.74, 6) is -0.0324. The fraction of sp³-hybridized carbons (Fsp3) is 0.462. The van der Waals surface area contributed by atoms with Gasteiger partial charge in [0.1, 0.15) is 0 Å². The van der Waals surface area contributed by atoms with E-state index in [-0.39, 0.29) is 11.7 Å². The van der Waals surface area contributed by atoms with Crippen LogP contribution in [0.5, 0.6) is 11.5 Å². The number of nitrogens with two attached hydrogens (primary N) is 1. The number of esters is 1. The Labute approximate surface area is 107 Å². The number of hydrogen-bond donors (Lipinski definition) is 2. The van der Waals surface area contributed by atoms with Gasteiger partial charge in [-0.15, -0.1) is 0 Å². The Morgan fingerprint density at radius 2 is 2.00 bits per heavy atom. The molecule has 100 valence electrons. The minimum absolute atomic E-state index is 0.0318. The summed E-state index contributed by atoms with van der Waals surface area (Å²) < 4.78 is 9.75. The number of carbonyl (C=O) groups is 1. The maximum atomic E-state index is 11.7. The first kappa shape index (κ1) is 14.3. The molecular formula is C13H19NO4. The quantitative estimate of drug-likeness (QED) is 0.796. The van der Waals surface area contributed by atoms with Gasteiger partial charge >= 0.3 is 5.97 Å². The Bertz CT molecular complexity index is 443. The lowest BCUT2D eigenvalue weighted by molar-refractivity contribution is -0.152. The van der Waals surface area contributed by atoms with Crippen LogP contribution in [0.3, 0.4) is 0 Å². The second kappa shape index (κ2) is 5.27. The van der Waals surface area contributed by atoms with Crippen LogP contribution < -0.4 is 10.5 Å². The number of rotatable bonds is 4. The normalized spacial score (nSPS) is 12.9. The van der Waals surface area contributed by atoms with Gasteiger partial charge in [0.05, 0.1) is 19.6 Å². The largest absolute Gasteiger partial charge is 0.504 e. The molecule has 3 N–H and O–H groups in total. The van der Waals surface area contributed by atoms with Crippen molar-refractivity contribution in [1.29, 1.82) is 0 Å². The van der Waals surface area contributed by atoms with E-state index < -0.39 is 11.5 Å². The maximum Gasteiger partial charge on any atom is 0.313 e. The van der Waals surface area contributed by atoms with Crippen LogP contribution in [0.2, 0.25) is 0 Å². The fourth-order valence-corrected chi connectivity index (χ4v) is 1.69. The van der Waals surface area contributed by atoms with Gasteiger partial charge in [0.25, 0.3) is 0 Å². The zero-order valence-corrected chi connectivity index (χ0v) is 11.1. The molecule has 0 radical (unpaired) electrons. The Kier molecular flexibility index (Phi) is 4.19. The fourth-order valence-electron chi connectivity index (χ4n) is 1.69. The standard InChI is InChI=1S/C13H19NO4/c1-13(2,12(16)18-4)11(14)8-5-6-9(15)10(7-8)17-3/h5-7,11,15H,14H2,1-4H3/t11-/m0/s1. The van der Waals surface area contributed by atoms with Crippen LogP contribution >= 0.6 is 0 Å². The topological polar surface area (TPSA) is 81.8 Å². The second-order valence-corrected chi connectivity index (χ2v) is 4.62. The summed E-state index contributed by atoms with van der Waals surface area (Å²) in [4.78, 5) is 11.7. The van der Waals surface area contributed by atoms with Crippen LogP contribution in [0, 0.1) is 5.41 Å². The van der Waals surface area contributed by atoms with E-state index in [1.54, 1.807) is 26.0 Å². The average molecular weight is 253 g/mol. The minimum Gasteiger partial charge on any atom is -0.504 e. The number of benzene rings is 1. The third-order valence-corrected chi connectivity index (χ3v) is 3.05. The van der Waals surface area contributed by atoms with Crippen molar-refractivity contribution in [2.45, 2.75) is 19.9 Å². The van der Waals surface area contributed by atoms with E-state index in [0.29, 0.717) is 11.3 Å². The van der Waals surface area contributed by atoms with E-state index in [1.165, 1.54) is 20.3 Å². The van der Waals surface area contributed by atoms with Gasteiger partial charge in [-0.3, -0.25) is 4.79 Å². The Morgan fingerprint density at radius 1 is 1.39 bits per heavy atom. The Hall–Kier alpha value is -1.75. The summed E-state index contributed by atoms with van der Waals surface area (Å²) in [6.07, 6.45) is 0. The van der Waals surface area contributed by atoms with E-state index >= 15 is 0 Å². The van der Waals surface area contributed by atoms with Crippen molar-refractivity contribution >= 4 is 5.97 Å². The molecule has 0 unspecified atom stereocenters. The molecule has 0 bridgehead atoms. The van der Waals surface area contributed by atoms with Crippen LogP contribution in [0.1, 0.15) is 25.5 Å². The molecule has 0 saturated carbocycles. The van der Waals surface area contributed by atoms with Crippen molar-refractivity contribution in [3.05, 3.63) is 23.8 Å². The molecule has 0 aliphatic carbocycles. The molecule has 0 fully saturated rings. The van der Waals surface area contributed by atoms with Gasteiger partial charge in [-0.05, 0) is 31.5 Å². The zero-order chi connectivity index (χ0) is 13.9. The third-order valence-electron chi connectivity index (χ3n) is 3.05. The van der Waals surface area contributed by atoms with Crippen molar-refractivity contribution in [3.63, 3.8) is 0 Å². The SMILES string of the molecule is COC(=O)C(C)(C)[C@@H](N)c1ccc(O)c(OC)c1. The van der Waals surface area contributed by atoms with Crippen LogP contribution in [-0.4, -0.2) is 25.3 Å². The van der Waals surface area contributed by atoms with E-state index in [1.807, 2.05) is 0 Å². The molecule has 0 aromatic heterocycles. The minimum atomic E-state index is -0.864. The molecule has 18 heavy (non-hydrogen) atoms. The molecule has 0 heterocycles. The van der Waals surface area contributed by atoms with Gasteiger partial charge in [0.15, 0.2) is 11.5 Å². The molecule has 1 rings (SSSR count). The molecule has 1 atom stereocenters. The van der Waals surface area contributed by atoms with Crippen LogP contribution in [-0.2, 0) is 9.53 Å². The van der Waals surface area contributed by atoms with E-state index in [2.05, 4.69) is 0 Å². The predicted molar refractivity (Wildman–Crippen MR) is 67.4 cm³/mol. The molecule has 1 aromatic carbocycles. The van der Waals surface area contributed by atoms with E-state index in [9.17, 15) is 9.90 Å². The highest BCUT2D eigenvalue weighted by Gasteiger charge is 2.36. The van der Waals surface area contributed by atoms with Crippen LogP contribution in [0.4, 0.5) is 0 Å². The Morgan fingerprint density at radius 3 is 2.50 bits per heavy atom. The Balaban J connectivity index is 3.10. The van der Waals surface area contributed by atoms with Crippen molar-refractivity contribution in [3.8, 4) is 11.5 Å². The molecule has 5 nitrogen and oxygen atoms in total. The number of phenols is 1. The molecule has 0 aliphatic rings. The third kappa shape index (κ3) is 2.56. The lowest BCUT2D eigenvalue weighted by Gasteiger charge is -2.29. The molecule has 1 aromatic rings. The lowest BCUT2D eigenvalue weighted by atomic mass is 9.81. The number of methoxy groups -OCH3 is 2. The average Bonchev–Trinajstić information content (AvgIpc) is 2.37. The number of carbonyl (C=O) groups excluding carboxylic acids is 1. The first-order valence-corrected chi connectivity index (χ1v) is 5.55. The summed E-state index contributed by atoms with van der Waals surface area (Å²) >= 11 is 0. The maximum absolute atomic E-state index is 11.7. The van der Waals surface area contributed by atoms with Crippen LogP contribution in [0.25, 0.3) is 0 Å². The zero-order valence-electron chi connectivity index (χ0n) is 11.1. The summed E-state index contributed by atoms with van der Waals surface area (Å²) in [6, 6.07) is 4.21. The van der Waals surface area contributed by atoms with Gasteiger partial charge in [-0.25, -0.2) is 0 Å². The van der Waals surface area contributed by atoms with Gasteiger partial charge in [-0.2, -0.15) is 0 Å². The van der Waals surface area contributed by atoms with Gasteiger partial charge < -0.3 is 20.3 Å². The van der Waals surface area contributed by atoms with Crippen molar-refractivity contribution in [2.24, 2.45) is 11.1 Å². The monoisotopic (exact) mass is 253 g/mol. The van der Waals surface area contributed by atoms with E-state index in [4.69, 9.17) is 15.2 Å². The van der Waals surface area contributed by atoms with Crippen molar-refractivity contribution in [2.75, 3.05) is 14.2 Å². The number of ether oxygens (including phenoxy) is 2. The highest BCUT2D eigenvalue weighted by Crippen LogP contribution is 2.36. The summed E-state index contributed by atoms with van der Waals surface area (Å²) in [6.45, 7) is 3.42.